The number of aromatic nitrogens is 3. The zero-order chi connectivity index (χ0) is 16.9. The van der Waals surface area contributed by atoms with Gasteiger partial charge in [0.25, 0.3) is 0 Å². The van der Waals surface area contributed by atoms with Crippen molar-refractivity contribution in [2.75, 3.05) is 11.1 Å². The summed E-state index contributed by atoms with van der Waals surface area (Å²) in [5, 5.41) is 11.3. The monoisotopic (exact) mass is 362 g/mol. The fraction of sp³-hybridized carbons (Fsp3) is 0.0625. The molecule has 2 aromatic carbocycles. The van der Waals surface area contributed by atoms with Crippen molar-refractivity contribution >= 4 is 35.0 Å². The second-order valence-electron chi connectivity index (χ2n) is 4.78. The van der Waals surface area contributed by atoms with E-state index in [1.165, 1.54) is 30.0 Å². The molecule has 1 N–H and O–H groups in total. The van der Waals surface area contributed by atoms with Crippen LogP contribution < -0.4 is 5.32 Å². The highest BCUT2D eigenvalue weighted by molar-refractivity contribution is 7.99. The average Bonchev–Trinajstić information content (AvgIpc) is 3.06. The van der Waals surface area contributed by atoms with Gasteiger partial charge in [0.1, 0.15) is 12.1 Å². The Labute approximate surface area is 146 Å². The van der Waals surface area contributed by atoms with Crippen molar-refractivity contribution in [3.63, 3.8) is 0 Å². The van der Waals surface area contributed by atoms with Gasteiger partial charge in [-0.1, -0.05) is 41.6 Å². The molecule has 1 heterocycles. The molecule has 8 heteroatoms. The molecule has 0 aliphatic heterocycles. The number of carbonyl (C=O) groups excluding carboxylic acids is 1. The minimum absolute atomic E-state index is 0.0534. The number of hydrogen-bond acceptors (Lipinski definition) is 4. The number of nitrogens with one attached hydrogen (secondary N) is 1. The summed E-state index contributed by atoms with van der Waals surface area (Å²) < 4.78 is 15.4. The molecular weight excluding hydrogens is 351 g/mol. The van der Waals surface area contributed by atoms with Crippen molar-refractivity contribution in [3.8, 4) is 5.69 Å². The topological polar surface area (TPSA) is 59.8 Å². The highest BCUT2D eigenvalue weighted by Gasteiger charge is 2.12. The lowest BCUT2D eigenvalue weighted by Crippen LogP contribution is -2.15. The molecule has 1 aromatic heterocycles. The minimum Gasteiger partial charge on any atom is -0.323 e. The van der Waals surface area contributed by atoms with Crippen molar-refractivity contribution in [1.82, 2.24) is 14.8 Å². The molecule has 0 aliphatic rings. The highest BCUT2D eigenvalue weighted by atomic mass is 35.5. The van der Waals surface area contributed by atoms with Gasteiger partial charge in [0.15, 0.2) is 5.16 Å². The number of thioether (sulfide) groups is 1. The van der Waals surface area contributed by atoms with Crippen LogP contribution in [0.4, 0.5) is 10.1 Å². The predicted octanol–water partition coefficient (Wildman–Crippen LogP) is 3.79. The number of para-hydroxylation sites is 1. The van der Waals surface area contributed by atoms with Crippen LogP contribution in [0, 0.1) is 5.82 Å². The Kier molecular flexibility index (Phi) is 5.12. The van der Waals surface area contributed by atoms with Gasteiger partial charge in [0.05, 0.1) is 11.4 Å². The van der Waals surface area contributed by atoms with E-state index in [1.54, 1.807) is 10.9 Å². The first kappa shape index (κ1) is 16.5. The summed E-state index contributed by atoms with van der Waals surface area (Å²) in [6, 6.07) is 13.5. The molecule has 0 unspecified atom stereocenters. The normalized spacial score (nSPS) is 10.6. The minimum atomic E-state index is -0.537. The van der Waals surface area contributed by atoms with Gasteiger partial charge in [-0.25, -0.2) is 4.39 Å². The molecule has 24 heavy (non-hydrogen) atoms. The van der Waals surface area contributed by atoms with E-state index in [2.05, 4.69) is 15.5 Å². The summed E-state index contributed by atoms with van der Waals surface area (Å²) in [4.78, 5) is 12.0. The number of amides is 1. The van der Waals surface area contributed by atoms with E-state index in [1.807, 2.05) is 30.3 Å². The SMILES string of the molecule is O=C(CSc1nncn1-c1ccccc1)Nc1cc(Cl)ccc1F. The summed E-state index contributed by atoms with van der Waals surface area (Å²) in [6.07, 6.45) is 1.58. The van der Waals surface area contributed by atoms with Crippen molar-refractivity contribution in [2.45, 2.75) is 5.16 Å². The quantitative estimate of drug-likeness (QED) is 0.701. The Bertz CT molecular complexity index is 856. The van der Waals surface area contributed by atoms with Crippen LogP contribution in [0.25, 0.3) is 5.69 Å². The molecule has 5 nitrogen and oxygen atoms in total. The van der Waals surface area contributed by atoms with E-state index in [4.69, 9.17) is 11.6 Å². The third kappa shape index (κ3) is 3.93. The van der Waals surface area contributed by atoms with Gasteiger partial charge in [-0.15, -0.1) is 10.2 Å². The number of benzene rings is 2. The van der Waals surface area contributed by atoms with Crippen LogP contribution in [-0.2, 0) is 4.79 Å². The maximum Gasteiger partial charge on any atom is 0.234 e. The average molecular weight is 363 g/mol. The molecule has 122 valence electrons. The lowest BCUT2D eigenvalue weighted by atomic mass is 10.3. The molecule has 0 fully saturated rings. The van der Waals surface area contributed by atoms with Gasteiger partial charge in [-0.2, -0.15) is 0 Å². The second kappa shape index (κ2) is 7.46. The van der Waals surface area contributed by atoms with Crippen molar-refractivity contribution in [3.05, 3.63) is 65.7 Å². The third-order valence-electron chi connectivity index (χ3n) is 3.09. The smallest absolute Gasteiger partial charge is 0.234 e. The Morgan fingerprint density at radius 1 is 1.25 bits per heavy atom. The predicted molar refractivity (Wildman–Crippen MR) is 92.1 cm³/mol. The van der Waals surface area contributed by atoms with Crippen molar-refractivity contribution in [1.29, 1.82) is 0 Å². The number of halogens is 2. The maximum atomic E-state index is 13.6. The van der Waals surface area contributed by atoms with Crippen LogP contribution in [0.3, 0.4) is 0 Å². The molecule has 1 amide bonds. The van der Waals surface area contributed by atoms with Gasteiger partial charge in [-0.3, -0.25) is 9.36 Å². The van der Waals surface area contributed by atoms with Crippen LogP contribution in [-0.4, -0.2) is 26.4 Å². The highest BCUT2D eigenvalue weighted by Crippen LogP contribution is 2.22. The second-order valence-corrected chi connectivity index (χ2v) is 6.16. The summed E-state index contributed by atoms with van der Waals surface area (Å²) >= 11 is 7.01. The largest absolute Gasteiger partial charge is 0.323 e. The maximum absolute atomic E-state index is 13.6. The number of nitrogens with zero attached hydrogens (tertiary/aromatic N) is 3. The van der Waals surface area contributed by atoms with E-state index in [-0.39, 0.29) is 17.3 Å². The molecule has 0 atom stereocenters. The first-order valence-electron chi connectivity index (χ1n) is 6.96. The van der Waals surface area contributed by atoms with E-state index in [0.717, 1.165) is 5.69 Å². The fourth-order valence-corrected chi connectivity index (χ4v) is 2.90. The molecule has 0 radical (unpaired) electrons. The molecule has 0 aliphatic carbocycles. The molecule has 0 saturated carbocycles. The molecule has 0 spiro atoms. The van der Waals surface area contributed by atoms with E-state index < -0.39 is 5.82 Å². The van der Waals surface area contributed by atoms with Crippen molar-refractivity contribution in [2.24, 2.45) is 0 Å². The fourth-order valence-electron chi connectivity index (χ4n) is 2.00. The first-order chi connectivity index (χ1) is 11.6. The Morgan fingerprint density at radius 3 is 2.83 bits per heavy atom. The van der Waals surface area contributed by atoms with E-state index in [9.17, 15) is 9.18 Å². The molecule has 0 bridgehead atoms. The van der Waals surface area contributed by atoms with Crippen molar-refractivity contribution < 1.29 is 9.18 Å². The zero-order valence-electron chi connectivity index (χ0n) is 12.3. The summed E-state index contributed by atoms with van der Waals surface area (Å²) in [6.45, 7) is 0. The lowest BCUT2D eigenvalue weighted by molar-refractivity contribution is -0.113. The van der Waals surface area contributed by atoms with Crippen LogP contribution in [0.1, 0.15) is 0 Å². The third-order valence-corrected chi connectivity index (χ3v) is 4.26. The number of hydrogen-bond donors (Lipinski definition) is 1. The first-order valence-corrected chi connectivity index (χ1v) is 8.33. The van der Waals surface area contributed by atoms with Gasteiger partial charge >= 0.3 is 0 Å². The summed E-state index contributed by atoms with van der Waals surface area (Å²) in [5.41, 5.74) is 0.948. The van der Waals surface area contributed by atoms with Gasteiger partial charge in [0, 0.05) is 10.7 Å². The van der Waals surface area contributed by atoms with Gasteiger partial charge in [0.2, 0.25) is 5.91 Å². The Hall–Kier alpha value is -2.38. The Balaban J connectivity index is 1.65. The molecule has 0 saturated heterocycles. The van der Waals surface area contributed by atoms with Crippen LogP contribution >= 0.6 is 23.4 Å². The number of anilines is 1. The summed E-state index contributed by atoms with van der Waals surface area (Å²) in [7, 11) is 0. The molecule has 3 aromatic rings. The summed E-state index contributed by atoms with van der Waals surface area (Å²) in [5.74, 6) is -0.828. The van der Waals surface area contributed by atoms with Crippen LogP contribution in [0.5, 0.6) is 0 Å². The zero-order valence-corrected chi connectivity index (χ0v) is 13.9. The van der Waals surface area contributed by atoms with Crippen LogP contribution in [0.2, 0.25) is 5.02 Å². The number of rotatable bonds is 5. The molecule has 3 rings (SSSR count). The lowest BCUT2D eigenvalue weighted by Gasteiger charge is -2.08. The van der Waals surface area contributed by atoms with E-state index >= 15 is 0 Å². The van der Waals surface area contributed by atoms with Crippen LogP contribution in [0.15, 0.2) is 60.0 Å². The number of carbonyl (C=O) groups is 1. The standard InChI is InChI=1S/C16H12ClFN4OS/c17-11-6-7-13(18)14(8-11)20-15(23)9-24-16-21-19-10-22(16)12-4-2-1-3-5-12/h1-8,10H,9H2,(H,20,23). The van der Waals surface area contributed by atoms with Gasteiger partial charge < -0.3 is 5.32 Å². The Morgan fingerprint density at radius 2 is 2.04 bits per heavy atom. The van der Waals surface area contributed by atoms with Gasteiger partial charge in [-0.05, 0) is 30.3 Å². The van der Waals surface area contributed by atoms with E-state index in [0.29, 0.717) is 10.2 Å². The molecular formula is C16H12ClFN4OS.